The van der Waals surface area contributed by atoms with E-state index < -0.39 is 0 Å². The van der Waals surface area contributed by atoms with Crippen molar-refractivity contribution in [2.75, 3.05) is 19.8 Å². The van der Waals surface area contributed by atoms with Crippen molar-refractivity contribution >= 4 is 0 Å². The lowest BCUT2D eigenvalue weighted by Gasteiger charge is -2.23. The van der Waals surface area contributed by atoms with Crippen LogP contribution in [0, 0.1) is 0 Å². The summed E-state index contributed by atoms with van der Waals surface area (Å²) in [6, 6.07) is 0.146. The summed E-state index contributed by atoms with van der Waals surface area (Å²) >= 11 is 0. The van der Waals surface area contributed by atoms with Gasteiger partial charge in [0.15, 0.2) is 0 Å². The normalized spacial score (nSPS) is 27.6. The Morgan fingerprint density at radius 3 is 3.00 bits per heavy atom. The molecule has 0 radical (unpaired) electrons. The van der Waals surface area contributed by atoms with E-state index in [1.807, 2.05) is 6.26 Å². The number of hydrogen-bond donors (Lipinski definition) is 1. The Hall–Kier alpha value is -0.870. The lowest BCUT2D eigenvalue weighted by atomic mass is 9.83. The number of rotatable bonds is 2. The SMILES string of the molecule is c1oc(C2COCCN2)nc1C1CCC1. The summed E-state index contributed by atoms with van der Waals surface area (Å²) in [5.41, 5.74) is 1.13. The molecule has 1 saturated carbocycles. The van der Waals surface area contributed by atoms with Crippen LogP contribution < -0.4 is 5.32 Å². The molecule has 0 spiro atoms. The zero-order valence-electron chi connectivity index (χ0n) is 8.74. The van der Waals surface area contributed by atoms with Crippen LogP contribution in [0.25, 0.3) is 0 Å². The van der Waals surface area contributed by atoms with Gasteiger partial charge in [0, 0.05) is 12.5 Å². The fourth-order valence-electron chi connectivity index (χ4n) is 2.08. The van der Waals surface area contributed by atoms with Crippen LogP contribution in [0.4, 0.5) is 0 Å². The van der Waals surface area contributed by atoms with E-state index in [9.17, 15) is 0 Å². The molecule has 0 bridgehead atoms. The van der Waals surface area contributed by atoms with E-state index >= 15 is 0 Å². The molecule has 1 aliphatic carbocycles. The number of morpholine rings is 1. The van der Waals surface area contributed by atoms with Crippen LogP contribution in [0.1, 0.15) is 42.8 Å². The van der Waals surface area contributed by atoms with Gasteiger partial charge in [-0.2, -0.15) is 0 Å². The average molecular weight is 208 g/mol. The van der Waals surface area contributed by atoms with Crippen LogP contribution in [-0.4, -0.2) is 24.7 Å². The summed E-state index contributed by atoms with van der Waals surface area (Å²) in [6.07, 6.45) is 5.67. The molecule has 1 aliphatic heterocycles. The summed E-state index contributed by atoms with van der Waals surface area (Å²) < 4.78 is 10.9. The quantitative estimate of drug-likeness (QED) is 0.802. The summed E-state index contributed by atoms with van der Waals surface area (Å²) in [6.45, 7) is 2.34. The van der Waals surface area contributed by atoms with Gasteiger partial charge in [0.25, 0.3) is 0 Å². The Bertz CT molecular complexity index is 327. The summed E-state index contributed by atoms with van der Waals surface area (Å²) in [5, 5.41) is 3.34. The Kier molecular flexibility index (Phi) is 2.46. The first-order chi connectivity index (χ1) is 7.43. The molecule has 4 heteroatoms. The third-order valence-corrected chi connectivity index (χ3v) is 3.28. The van der Waals surface area contributed by atoms with Gasteiger partial charge in [0.1, 0.15) is 12.3 Å². The fraction of sp³-hybridized carbons (Fsp3) is 0.727. The van der Waals surface area contributed by atoms with Crippen molar-refractivity contribution in [3.63, 3.8) is 0 Å². The lowest BCUT2D eigenvalue weighted by molar-refractivity contribution is 0.0681. The Balaban J connectivity index is 1.71. The zero-order chi connectivity index (χ0) is 10.1. The molecule has 2 aliphatic rings. The molecule has 2 fully saturated rings. The molecule has 3 rings (SSSR count). The second-order valence-corrected chi connectivity index (χ2v) is 4.32. The van der Waals surface area contributed by atoms with Gasteiger partial charge in [0.05, 0.1) is 18.9 Å². The van der Waals surface area contributed by atoms with Gasteiger partial charge in [0.2, 0.25) is 5.89 Å². The Morgan fingerprint density at radius 2 is 2.33 bits per heavy atom. The van der Waals surface area contributed by atoms with Gasteiger partial charge < -0.3 is 14.5 Å². The van der Waals surface area contributed by atoms with Crippen molar-refractivity contribution in [1.82, 2.24) is 10.3 Å². The van der Waals surface area contributed by atoms with Gasteiger partial charge in [-0.15, -0.1) is 0 Å². The zero-order valence-corrected chi connectivity index (χ0v) is 8.74. The first kappa shape index (κ1) is 9.36. The number of aromatic nitrogens is 1. The van der Waals surface area contributed by atoms with Crippen molar-refractivity contribution < 1.29 is 9.15 Å². The predicted molar refractivity (Wildman–Crippen MR) is 54.7 cm³/mol. The second kappa shape index (κ2) is 3.94. The first-order valence-corrected chi connectivity index (χ1v) is 5.70. The minimum absolute atomic E-state index is 0.146. The monoisotopic (exact) mass is 208 g/mol. The van der Waals surface area contributed by atoms with Crippen LogP contribution in [-0.2, 0) is 4.74 Å². The van der Waals surface area contributed by atoms with Gasteiger partial charge in [-0.3, -0.25) is 0 Å². The first-order valence-electron chi connectivity index (χ1n) is 5.70. The molecule has 1 atom stereocenters. The van der Waals surface area contributed by atoms with Crippen molar-refractivity contribution in [1.29, 1.82) is 0 Å². The molecule has 1 saturated heterocycles. The maximum Gasteiger partial charge on any atom is 0.213 e. The third-order valence-electron chi connectivity index (χ3n) is 3.28. The maximum absolute atomic E-state index is 5.51. The Morgan fingerprint density at radius 1 is 1.40 bits per heavy atom. The van der Waals surface area contributed by atoms with Gasteiger partial charge in [-0.1, -0.05) is 6.42 Å². The molecule has 0 amide bonds. The van der Waals surface area contributed by atoms with Crippen LogP contribution in [0.5, 0.6) is 0 Å². The summed E-state index contributed by atoms with van der Waals surface area (Å²) in [7, 11) is 0. The number of ether oxygens (including phenoxy) is 1. The maximum atomic E-state index is 5.51. The van der Waals surface area contributed by atoms with E-state index in [0.29, 0.717) is 12.5 Å². The Labute approximate surface area is 89.0 Å². The fourth-order valence-corrected chi connectivity index (χ4v) is 2.08. The van der Waals surface area contributed by atoms with Crippen molar-refractivity contribution in [3.8, 4) is 0 Å². The predicted octanol–water partition coefficient (Wildman–Crippen LogP) is 1.60. The number of nitrogens with zero attached hydrogens (tertiary/aromatic N) is 1. The van der Waals surface area contributed by atoms with Crippen LogP contribution in [0.2, 0.25) is 0 Å². The molecular formula is C11H16N2O2. The van der Waals surface area contributed by atoms with Crippen molar-refractivity contribution in [2.24, 2.45) is 0 Å². The highest BCUT2D eigenvalue weighted by Gasteiger charge is 2.26. The second-order valence-electron chi connectivity index (χ2n) is 4.32. The molecule has 1 unspecified atom stereocenters. The highest BCUT2D eigenvalue weighted by atomic mass is 16.5. The standard InChI is InChI=1S/C11H16N2O2/c1-2-8(3-1)9-7-15-11(13-9)10-6-14-5-4-12-10/h7-8,10,12H,1-6H2. The molecule has 1 N–H and O–H groups in total. The number of hydrogen-bond acceptors (Lipinski definition) is 4. The van der Waals surface area contributed by atoms with Gasteiger partial charge >= 0.3 is 0 Å². The van der Waals surface area contributed by atoms with Crippen molar-refractivity contribution in [2.45, 2.75) is 31.2 Å². The number of oxazole rings is 1. The summed E-state index contributed by atoms with van der Waals surface area (Å²) in [5.74, 6) is 1.43. The third kappa shape index (κ3) is 1.79. The smallest absolute Gasteiger partial charge is 0.213 e. The van der Waals surface area contributed by atoms with Crippen LogP contribution in [0.3, 0.4) is 0 Å². The lowest BCUT2D eigenvalue weighted by Crippen LogP contribution is -2.34. The van der Waals surface area contributed by atoms with E-state index in [0.717, 1.165) is 24.7 Å². The topological polar surface area (TPSA) is 47.3 Å². The molecule has 0 aromatic carbocycles. The molecule has 4 nitrogen and oxygen atoms in total. The van der Waals surface area contributed by atoms with Crippen LogP contribution in [0.15, 0.2) is 10.7 Å². The van der Waals surface area contributed by atoms with E-state index in [1.54, 1.807) is 0 Å². The van der Waals surface area contributed by atoms with E-state index in [4.69, 9.17) is 9.15 Å². The summed E-state index contributed by atoms with van der Waals surface area (Å²) in [4.78, 5) is 4.55. The molecular weight excluding hydrogens is 192 g/mol. The highest BCUT2D eigenvalue weighted by molar-refractivity contribution is 5.09. The molecule has 2 heterocycles. The number of nitrogens with one attached hydrogen (secondary N) is 1. The van der Waals surface area contributed by atoms with E-state index in [1.165, 1.54) is 19.3 Å². The van der Waals surface area contributed by atoms with Gasteiger partial charge in [-0.25, -0.2) is 4.98 Å². The molecule has 1 aromatic heterocycles. The van der Waals surface area contributed by atoms with E-state index in [-0.39, 0.29) is 6.04 Å². The van der Waals surface area contributed by atoms with Crippen LogP contribution >= 0.6 is 0 Å². The minimum Gasteiger partial charge on any atom is -0.447 e. The average Bonchev–Trinajstić information content (AvgIpc) is 2.66. The largest absolute Gasteiger partial charge is 0.447 e. The molecule has 1 aromatic rings. The molecule has 15 heavy (non-hydrogen) atoms. The van der Waals surface area contributed by atoms with E-state index in [2.05, 4.69) is 10.3 Å². The highest BCUT2D eigenvalue weighted by Crippen LogP contribution is 2.36. The van der Waals surface area contributed by atoms with Gasteiger partial charge in [-0.05, 0) is 12.8 Å². The van der Waals surface area contributed by atoms with Crippen molar-refractivity contribution in [3.05, 3.63) is 17.8 Å². The molecule has 82 valence electrons. The minimum atomic E-state index is 0.146.